The van der Waals surface area contributed by atoms with Crippen molar-refractivity contribution in [2.45, 2.75) is 14.9 Å². The summed E-state index contributed by atoms with van der Waals surface area (Å²) in [5.74, 6) is -0.875. The molecule has 0 aliphatic heterocycles. The Bertz CT molecular complexity index is 1260. The number of hydrogen-bond acceptors (Lipinski definition) is 6. The standard InChI is InChI=1S/C18H13FN4O3S2/c19-13-7-3-4-8-16(13)28(25,26)23-14-9-15(27-18-20-10-21-22-18)17(24)12-6-2-1-5-11(12)14/h1-10,23-24H,(H,20,21,22). The fraction of sp³-hybridized carbons (Fsp3) is 0. The van der Waals surface area contributed by atoms with Gasteiger partial charge in [-0.1, -0.05) is 36.4 Å². The van der Waals surface area contributed by atoms with Crippen molar-refractivity contribution in [3.63, 3.8) is 0 Å². The first-order valence-corrected chi connectivity index (χ1v) is 10.3. The van der Waals surface area contributed by atoms with Gasteiger partial charge in [0.05, 0.1) is 10.6 Å². The third-order valence-corrected chi connectivity index (χ3v) is 6.27. The van der Waals surface area contributed by atoms with E-state index < -0.39 is 20.7 Å². The Hall–Kier alpha value is -3.11. The second-order valence-corrected chi connectivity index (χ2v) is 8.43. The fourth-order valence-corrected chi connectivity index (χ4v) is 4.65. The van der Waals surface area contributed by atoms with Gasteiger partial charge in [0, 0.05) is 10.8 Å². The van der Waals surface area contributed by atoms with Gasteiger partial charge in [-0.3, -0.25) is 9.82 Å². The summed E-state index contributed by atoms with van der Waals surface area (Å²) in [5.41, 5.74) is 0.207. The molecule has 3 aromatic carbocycles. The lowest BCUT2D eigenvalue weighted by molar-refractivity contribution is 0.469. The summed E-state index contributed by atoms with van der Waals surface area (Å²) in [5, 5.41) is 18.4. The highest BCUT2D eigenvalue weighted by Crippen LogP contribution is 2.42. The van der Waals surface area contributed by atoms with Gasteiger partial charge in [-0.2, -0.15) is 5.10 Å². The van der Waals surface area contributed by atoms with E-state index in [1.807, 2.05) is 0 Å². The number of benzene rings is 3. The molecule has 0 amide bonds. The zero-order valence-corrected chi connectivity index (χ0v) is 15.8. The van der Waals surface area contributed by atoms with Crippen LogP contribution in [0.2, 0.25) is 0 Å². The van der Waals surface area contributed by atoms with E-state index in [1.54, 1.807) is 24.3 Å². The maximum absolute atomic E-state index is 14.0. The topological polar surface area (TPSA) is 108 Å². The molecule has 4 rings (SSSR count). The number of H-pyrrole nitrogens is 1. The van der Waals surface area contributed by atoms with Crippen LogP contribution in [-0.4, -0.2) is 28.7 Å². The first-order chi connectivity index (χ1) is 13.5. The highest BCUT2D eigenvalue weighted by Gasteiger charge is 2.21. The van der Waals surface area contributed by atoms with Gasteiger partial charge >= 0.3 is 0 Å². The van der Waals surface area contributed by atoms with Crippen LogP contribution < -0.4 is 4.72 Å². The second-order valence-electron chi connectivity index (χ2n) is 5.75. The number of hydrogen-bond donors (Lipinski definition) is 3. The fourth-order valence-electron chi connectivity index (χ4n) is 2.71. The lowest BCUT2D eigenvalue weighted by atomic mass is 10.1. The van der Waals surface area contributed by atoms with Gasteiger partial charge in [-0.25, -0.2) is 17.8 Å². The van der Waals surface area contributed by atoms with Crippen molar-refractivity contribution < 1.29 is 17.9 Å². The minimum Gasteiger partial charge on any atom is -0.506 e. The summed E-state index contributed by atoms with van der Waals surface area (Å²) in [7, 11) is -4.18. The molecule has 28 heavy (non-hydrogen) atoms. The smallest absolute Gasteiger partial charge is 0.264 e. The molecule has 0 spiro atoms. The lowest BCUT2D eigenvalue weighted by Crippen LogP contribution is -2.14. The molecule has 0 saturated heterocycles. The number of phenols is 1. The molecule has 1 heterocycles. The molecule has 0 aliphatic carbocycles. The van der Waals surface area contributed by atoms with E-state index in [4.69, 9.17) is 0 Å². The van der Waals surface area contributed by atoms with Crippen molar-refractivity contribution in [1.29, 1.82) is 0 Å². The lowest BCUT2D eigenvalue weighted by Gasteiger charge is -2.14. The molecular formula is C18H13FN4O3S2. The molecule has 142 valence electrons. The van der Waals surface area contributed by atoms with E-state index in [0.717, 1.165) is 17.8 Å². The number of halogens is 1. The summed E-state index contributed by atoms with van der Waals surface area (Å²) < 4.78 is 41.9. The largest absolute Gasteiger partial charge is 0.506 e. The number of aromatic nitrogens is 3. The van der Waals surface area contributed by atoms with E-state index in [0.29, 0.717) is 20.8 Å². The van der Waals surface area contributed by atoms with Crippen molar-refractivity contribution in [2.24, 2.45) is 0 Å². The van der Waals surface area contributed by atoms with Crippen LogP contribution in [0.3, 0.4) is 0 Å². The van der Waals surface area contributed by atoms with E-state index >= 15 is 0 Å². The van der Waals surface area contributed by atoms with Crippen molar-refractivity contribution >= 4 is 38.2 Å². The molecule has 0 saturated carbocycles. The van der Waals surface area contributed by atoms with E-state index in [2.05, 4.69) is 19.9 Å². The summed E-state index contributed by atoms with van der Waals surface area (Å²) in [4.78, 5) is 3.89. The first-order valence-electron chi connectivity index (χ1n) is 8.01. The minimum absolute atomic E-state index is 0.0224. The number of aromatic hydroxyl groups is 1. The molecule has 7 nitrogen and oxygen atoms in total. The molecule has 0 aliphatic rings. The van der Waals surface area contributed by atoms with E-state index in [9.17, 15) is 17.9 Å². The van der Waals surface area contributed by atoms with Crippen LogP contribution >= 0.6 is 11.8 Å². The molecule has 3 N–H and O–H groups in total. The van der Waals surface area contributed by atoms with Crippen LogP contribution in [-0.2, 0) is 10.0 Å². The van der Waals surface area contributed by atoms with Gasteiger partial charge in [0.2, 0.25) is 0 Å². The highest BCUT2D eigenvalue weighted by molar-refractivity contribution is 7.99. The zero-order chi connectivity index (χ0) is 19.7. The van der Waals surface area contributed by atoms with Gasteiger partial charge in [0.15, 0.2) is 5.16 Å². The Morgan fingerprint density at radius 3 is 2.50 bits per heavy atom. The van der Waals surface area contributed by atoms with Crippen LogP contribution in [0.1, 0.15) is 0 Å². The van der Waals surface area contributed by atoms with Crippen molar-refractivity contribution in [2.75, 3.05) is 4.72 Å². The molecule has 0 bridgehead atoms. The van der Waals surface area contributed by atoms with Gasteiger partial charge in [0.25, 0.3) is 10.0 Å². The average molecular weight is 416 g/mol. The number of sulfonamides is 1. The van der Waals surface area contributed by atoms with Crippen LogP contribution in [0.15, 0.2) is 75.9 Å². The Morgan fingerprint density at radius 1 is 1.07 bits per heavy atom. The molecule has 1 aromatic heterocycles. The maximum Gasteiger partial charge on any atom is 0.264 e. The van der Waals surface area contributed by atoms with Crippen molar-refractivity contribution in [3.8, 4) is 5.75 Å². The van der Waals surface area contributed by atoms with Crippen LogP contribution in [0.5, 0.6) is 5.75 Å². The third-order valence-electron chi connectivity index (χ3n) is 3.95. The van der Waals surface area contributed by atoms with Crippen molar-refractivity contribution in [1.82, 2.24) is 15.2 Å². The average Bonchev–Trinajstić information content (AvgIpc) is 3.19. The summed E-state index contributed by atoms with van der Waals surface area (Å²) in [6.45, 7) is 0. The molecule has 0 unspecified atom stereocenters. The Morgan fingerprint density at radius 2 is 1.79 bits per heavy atom. The zero-order valence-electron chi connectivity index (χ0n) is 14.1. The number of phenolic OH excluding ortho intramolecular Hbond substituents is 1. The number of aromatic amines is 1. The Labute approximate surface area is 163 Å². The predicted molar refractivity (Wildman–Crippen MR) is 103 cm³/mol. The van der Waals surface area contributed by atoms with E-state index in [-0.39, 0.29) is 11.4 Å². The van der Waals surface area contributed by atoms with Gasteiger partial charge in [0.1, 0.15) is 22.8 Å². The SMILES string of the molecule is O=S(=O)(Nc1cc(Sc2ncn[nH]2)c(O)c2ccccc12)c1ccccc1F. The second kappa shape index (κ2) is 7.13. The molecule has 0 atom stereocenters. The maximum atomic E-state index is 14.0. The number of fused-ring (bicyclic) bond motifs is 1. The van der Waals surface area contributed by atoms with Crippen LogP contribution in [0, 0.1) is 5.82 Å². The van der Waals surface area contributed by atoms with Gasteiger partial charge in [-0.15, -0.1) is 0 Å². The summed E-state index contributed by atoms with van der Waals surface area (Å²) in [6, 6.07) is 13.4. The normalized spacial score (nSPS) is 11.6. The minimum atomic E-state index is -4.18. The quantitative estimate of drug-likeness (QED) is 0.428. The molecule has 4 aromatic rings. The van der Waals surface area contributed by atoms with Crippen molar-refractivity contribution in [3.05, 3.63) is 66.7 Å². The molecule has 0 radical (unpaired) electrons. The van der Waals surface area contributed by atoms with E-state index in [1.165, 1.54) is 30.6 Å². The predicted octanol–water partition coefficient (Wildman–Crippen LogP) is 3.75. The number of nitrogens with zero attached hydrogens (tertiary/aromatic N) is 2. The summed E-state index contributed by atoms with van der Waals surface area (Å²) in [6.07, 6.45) is 1.32. The number of anilines is 1. The summed E-state index contributed by atoms with van der Waals surface area (Å²) >= 11 is 1.09. The number of nitrogens with one attached hydrogen (secondary N) is 2. The monoisotopic (exact) mass is 416 g/mol. The first kappa shape index (κ1) is 18.3. The highest BCUT2D eigenvalue weighted by atomic mass is 32.2. The Kier molecular flexibility index (Phi) is 4.65. The molecule has 0 fully saturated rings. The third kappa shape index (κ3) is 3.39. The number of rotatable bonds is 5. The Balaban J connectivity index is 1.84. The van der Waals surface area contributed by atoms with Crippen LogP contribution in [0.4, 0.5) is 10.1 Å². The van der Waals surface area contributed by atoms with Crippen LogP contribution in [0.25, 0.3) is 10.8 Å². The van der Waals surface area contributed by atoms with Gasteiger partial charge in [-0.05, 0) is 30.0 Å². The molecular weight excluding hydrogens is 403 g/mol. The molecule has 10 heteroatoms. The van der Waals surface area contributed by atoms with Gasteiger partial charge < -0.3 is 5.11 Å².